The summed E-state index contributed by atoms with van der Waals surface area (Å²) in [5.74, 6) is -0.986. The van der Waals surface area contributed by atoms with Gasteiger partial charge in [0.05, 0.1) is 13.2 Å². The van der Waals surface area contributed by atoms with Crippen LogP contribution in [0.1, 0.15) is 64.5 Å². The van der Waals surface area contributed by atoms with E-state index >= 15 is 0 Å². The maximum Gasteiger partial charge on any atom is 0.251 e. The van der Waals surface area contributed by atoms with E-state index in [4.69, 9.17) is 4.74 Å². The second-order valence-corrected chi connectivity index (χ2v) is 9.97. The van der Waals surface area contributed by atoms with E-state index in [-0.39, 0.29) is 29.5 Å². The lowest BCUT2D eigenvalue weighted by atomic mass is 9.97. The Bertz CT molecular complexity index is 1460. The Hall–Kier alpha value is -4.40. The Morgan fingerprint density at radius 1 is 1.10 bits per heavy atom. The second-order valence-electron chi connectivity index (χ2n) is 9.97. The Balaban J connectivity index is 1.51. The Kier molecular flexibility index (Phi) is 7.24. The predicted octanol–water partition coefficient (Wildman–Crippen LogP) is 4.86. The number of carbonyl (C=O) groups is 3. The third-order valence-electron chi connectivity index (χ3n) is 7.35. The Morgan fingerprint density at radius 2 is 1.90 bits per heavy atom. The molecule has 2 atom stereocenters. The first kappa shape index (κ1) is 26.2. The van der Waals surface area contributed by atoms with Crippen molar-refractivity contribution in [3.05, 3.63) is 88.2 Å². The predicted molar refractivity (Wildman–Crippen MR) is 146 cm³/mol. The molecule has 2 aliphatic rings. The molecule has 202 valence electrons. The molecule has 3 amide bonds. The average Bonchev–Trinajstić information content (AvgIpc) is 3.55. The number of nitrogens with one attached hydrogen (secondary N) is 3. The van der Waals surface area contributed by atoms with Gasteiger partial charge in [-0.2, -0.15) is 0 Å². The first-order valence-corrected chi connectivity index (χ1v) is 12.9. The summed E-state index contributed by atoms with van der Waals surface area (Å²) in [7, 11) is 1.38. The minimum absolute atomic E-state index is 0.0391. The fourth-order valence-corrected chi connectivity index (χ4v) is 5.41. The van der Waals surface area contributed by atoms with Crippen LogP contribution in [0.3, 0.4) is 0 Å². The number of hydrogen-bond donors (Lipinski definition) is 3. The van der Waals surface area contributed by atoms with E-state index in [9.17, 15) is 18.8 Å². The van der Waals surface area contributed by atoms with E-state index in [1.807, 2.05) is 42.2 Å². The summed E-state index contributed by atoms with van der Waals surface area (Å²) in [5.41, 5.74) is 5.27. The zero-order valence-corrected chi connectivity index (χ0v) is 22.1. The van der Waals surface area contributed by atoms with E-state index in [1.54, 1.807) is 12.1 Å². The molecule has 0 saturated carbocycles. The first-order valence-electron chi connectivity index (χ1n) is 12.9. The molecule has 3 N–H and O–H groups in total. The number of halogens is 1. The smallest absolute Gasteiger partial charge is 0.251 e. The summed E-state index contributed by atoms with van der Waals surface area (Å²) in [4.78, 5) is 40.0. The number of carbonyl (C=O) groups excluding carboxylic acids is 3. The molecule has 2 heterocycles. The molecule has 8 nitrogen and oxygen atoms in total. The van der Waals surface area contributed by atoms with Crippen LogP contribution in [0, 0.1) is 12.7 Å². The summed E-state index contributed by atoms with van der Waals surface area (Å²) < 4.78 is 19.5. The number of likely N-dealkylation sites (tertiary alicyclic amines) is 1. The molecule has 0 aromatic heterocycles. The number of benzene rings is 3. The van der Waals surface area contributed by atoms with Crippen molar-refractivity contribution in [1.82, 2.24) is 10.2 Å². The largest absolute Gasteiger partial charge is 0.494 e. The van der Waals surface area contributed by atoms with Crippen molar-refractivity contribution in [2.75, 3.05) is 24.3 Å². The molecule has 0 spiro atoms. The molecule has 39 heavy (non-hydrogen) atoms. The molecular formula is C30H31FN4O4. The highest BCUT2D eigenvalue weighted by atomic mass is 19.1. The van der Waals surface area contributed by atoms with Crippen molar-refractivity contribution in [1.29, 1.82) is 0 Å². The number of rotatable bonds is 7. The van der Waals surface area contributed by atoms with E-state index in [0.717, 1.165) is 29.5 Å². The lowest BCUT2D eigenvalue weighted by molar-refractivity contribution is -0.133. The maximum atomic E-state index is 14.3. The summed E-state index contributed by atoms with van der Waals surface area (Å²) in [6.45, 7) is 4.47. The van der Waals surface area contributed by atoms with Crippen LogP contribution in [-0.4, -0.2) is 36.3 Å². The van der Waals surface area contributed by atoms with Gasteiger partial charge in [0.25, 0.3) is 5.91 Å². The van der Waals surface area contributed by atoms with Crippen LogP contribution in [0.25, 0.3) is 0 Å². The Labute approximate surface area is 226 Å². The number of methoxy groups -OCH3 is 1. The van der Waals surface area contributed by atoms with Gasteiger partial charge in [-0.1, -0.05) is 18.2 Å². The number of hydrogen-bond acceptors (Lipinski definition) is 5. The van der Waals surface area contributed by atoms with Gasteiger partial charge in [-0.3, -0.25) is 14.4 Å². The molecule has 0 radical (unpaired) electrons. The summed E-state index contributed by atoms with van der Waals surface area (Å²) in [6.07, 6.45) is 1.59. The highest BCUT2D eigenvalue weighted by molar-refractivity contribution is 5.99. The highest BCUT2D eigenvalue weighted by Crippen LogP contribution is 2.38. The molecule has 0 aliphatic carbocycles. The van der Waals surface area contributed by atoms with Crippen molar-refractivity contribution in [2.24, 2.45) is 0 Å². The van der Waals surface area contributed by atoms with Crippen LogP contribution in [-0.2, 0) is 16.1 Å². The quantitative estimate of drug-likeness (QED) is 0.405. The van der Waals surface area contributed by atoms with E-state index in [2.05, 4.69) is 16.0 Å². The summed E-state index contributed by atoms with van der Waals surface area (Å²) >= 11 is 0. The van der Waals surface area contributed by atoms with E-state index in [0.29, 0.717) is 35.6 Å². The lowest BCUT2D eigenvalue weighted by Crippen LogP contribution is -2.38. The van der Waals surface area contributed by atoms with Crippen LogP contribution in [0.5, 0.6) is 5.75 Å². The first-order chi connectivity index (χ1) is 18.7. The molecule has 1 fully saturated rings. The van der Waals surface area contributed by atoms with Gasteiger partial charge in [0.1, 0.15) is 6.04 Å². The van der Waals surface area contributed by atoms with Crippen molar-refractivity contribution in [3.63, 3.8) is 0 Å². The SMILES string of the molecule is COc1cc([C@@H](Nc2ccc3c(c2)C(=O)NC3)C(=O)N2CCC[C@@H]2c2cc(NC(C)=O)ccc2C)ccc1F. The van der Waals surface area contributed by atoms with Crippen molar-refractivity contribution in [3.8, 4) is 5.75 Å². The van der Waals surface area contributed by atoms with Gasteiger partial charge >= 0.3 is 0 Å². The minimum Gasteiger partial charge on any atom is -0.494 e. The van der Waals surface area contributed by atoms with Crippen LogP contribution in [0.2, 0.25) is 0 Å². The molecular weight excluding hydrogens is 499 g/mol. The molecule has 0 bridgehead atoms. The summed E-state index contributed by atoms with van der Waals surface area (Å²) in [5, 5.41) is 8.94. The van der Waals surface area contributed by atoms with Crippen molar-refractivity contribution >= 4 is 29.1 Å². The van der Waals surface area contributed by atoms with Crippen LogP contribution in [0.4, 0.5) is 15.8 Å². The average molecular weight is 531 g/mol. The van der Waals surface area contributed by atoms with Crippen LogP contribution < -0.4 is 20.7 Å². The number of nitrogens with zero attached hydrogens (tertiary/aromatic N) is 1. The van der Waals surface area contributed by atoms with Crippen molar-refractivity contribution < 1.29 is 23.5 Å². The van der Waals surface area contributed by atoms with E-state index < -0.39 is 11.9 Å². The topological polar surface area (TPSA) is 99.8 Å². The number of aryl methyl sites for hydroxylation is 1. The van der Waals surface area contributed by atoms with Crippen LogP contribution >= 0.6 is 0 Å². The third kappa shape index (κ3) is 5.30. The third-order valence-corrected chi connectivity index (χ3v) is 7.35. The van der Waals surface area contributed by atoms with Gasteiger partial charge < -0.3 is 25.6 Å². The van der Waals surface area contributed by atoms with Gasteiger partial charge in [0.15, 0.2) is 11.6 Å². The number of ether oxygens (including phenoxy) is 1. The molecule has 0 unspecified atom stereocenters. The highest BCUT2D eigenvalue weighted by Gasteiger charge is 2.36. The second kappa shape index (κ2) is 10.8. The number of amides is 3. The fourth-order valence-electron chi connectivity index (χ4n) is 5.41. The normalized spacial score (nSPS) is 16.9. The lowest BCUT2D eigenvalue weighted by Gasteiger charge is -2.31. The molecule has 9 heteroatoms. The minimum atomic E-state index is -0.860. The fraction of sp³-hybridized carbons (Fsp3) is 0.300. The zero-order valence-electron chi connectivity index (χ0n) is 22.1. The van der Waals surface area contributed by atoms with Gasteiger partial charge in [-0.05, 0) is 78.4 Å². The zero-order chi connectivity index (χ0) is 27.7. The number of anilines is 2. The number of fused-ring (bicyclic) bond motifs is 1. The molecule has 5 rings (SSSR count). The molecule has 1 saturated heterocycles. The van der Waals surface area contributed by atoms with E-state index in [1.165, 1.54) is 26.2 Å². The van der Waals surface area contributed by atoms with Crippen LogP contribution in [0.15, 0.2) is 54.6 Å². The molecule has 3 aromatic rings. The monoisotopic (exact) mass is 530 g/mol. The maximum absolute atomic E-state index is 14.3. The van der Waals surface area contributed by atoms with Crippen molar-refractivity contribution in [2.45, 2.75) is 45.3 Å². The van der Waals surface area contributed by atoms with Gasteiger partial charge in [0.2, 0.25) is 11.8 Å². The summed E-state index contributed by atoms with van der Waals surface area (Å²) in [6, 6.07) is 14.5. The van der Waals surface area contributed by atoms with Gasteiger partial charge in [-0.25, -0.2) is 4.39 Å². The van der Waals surface area contributed by atoms with Gasteiger partial charge in [-0.15, -0.1) is 0 Å². The Morgan fingerprint density at radius 3 is 2.67 bits per heavy atom. The standard InChI is InChI=1S/C30H31FN4O4/c1-17-6-9-21(33-18(2)36)14-23(17)26-5-4-12-35(26)30(38)28(19-8-11-25(31)27(13-19)39-3)34-22-10-7-20-16-32-29(37)24(20)15-22/h6-11,13-15,26,28,34H,4-5,12,16H2,1-3H3,(H,32,37)(H,33,36)/t26-,28-/m1/s1. The molecule has 3 aromatic carbocycles. The molecule has 2 aliphatic heterocycles. The van der Waals surface area contributed by atoms with Gasteiger partial charge in [0, 0.05) is 37.0 Å².